The maximum Gasteiger partial charge on any atom is 0.338 e. The summed E-state index contributed by atoms with van der Waals surface area (Å²) in [7, 11) is 0. The zero-order valence-corrected chi connectivity index (χ0v) is 23.5. The van der Waals surface area contributed by atoms with Crippen LogP contribution in [0.25, 0.3) is 0 Å². The fourth-order valence-electron chi connectivity index (χ4n) is 4.42. The summed E-state index contributed by atoms with van der Waals surface area (Å²) in [6.07, 6.45) is 1.49. The fraction of sp³-hybridized carbons (Fsp3) is 0.290. The highest BCUT2D eigenvalue weighted by Gasteiger charge is 2.44. The highest BCUT2D eigenvalue weighted by Crippen LogP contribution is 2.28. The number of rotatable bonds is 12. The zero-order chi connectivity index (χ0) is 28.5. The van der Waals surface area contributed by atoms with Gasteiger partial charge in [0, 0.05) is 12.2 Å². The van der Waals surface area contributed by atoms with E-state index in [4.69, 9.17) is 21.7 Å². The third kappa shape index (κ3) is 7.04. The van der Waals surface area contributed by atoms with Gasteiger partial charge in [-0.15, -0.1) is 0 Å². The molecule has 1 atom stereocenters. The minimum atomic E-state index is -0.770. The van der Waals surface area contributed by atoms with Gasteiger partial charge in [-0.3, -0.25) is 14.5 Å². The van der Waals surface area contributed by atoms with Crippen LogP contribution >= 0.6 is 12.2 Å². The van der Waals surface area contributed by atoms with Gasteiger partial charge < -0.3 is 19.7 Å². The van der Waals surface area contributed by atoms with Crippen molar-refractivity contribution in [1.82, 2.24) is 4.90 Å². The topological polar surface area (TPSA) is 88.2 Å². The number of esters is 1. The van der Waals surface area contributed by atoms with Crippen LogP contribution in [0.4, 0.5) is 11.4 Å². The van der Waals surface area contributed by atoms with Crippen LogP contribution in [0.15, 0.2) is 78.9 Å². The SMILES string of the molecule is CCCOc1ccc(NC(=O)CC2C(=O)N(c3ccc(C(=O)OCC)cc3)C(=S)N2CCc2ccccc2)cc1. The van der Waals surface area contributed by atoms with Crippen molar-refractivity contribution in [3.8, 4) is 5.75 Å². The number of nitrogens with one attached hydrogen (secondary N) is 1. The van der Waals surface area contributed by atoms with Crippen molar-refractivity contribution in [2.45, 2.75) is 39.2 Å². The summed E-state index contributed by atoms with van der Waals surface area (Å²) in [5, 5.41) is 3.20. The molecule has 1 fully saturated rings. The van der Waals surface area contributed by atoms with Crippen LogP contribution in [0.1, 0.15) is 42.6 Å². The molecule has 0 aromatic heterocycles. The highest BCUT2D eigenvalue weighted by atomic mass is 32.1. The van der Waals surface area contributed by atoms with Crippen molar-refractivity contribution in [2.24, 2.45) is 0 Å². The van der Waals surface area contributed by atoms with E-state index in [1.807, 2.05) is 42.2 Å². The van der Waals surface area contributed by atoms with Crippen LogP contribution < -0.4 is 15.0 Å². The van der Waals surface area contributed by atoms with Gasteiger partial charge >= 0.3 is 5.97 Å². The molecule has 9 heteroatoms. The largest absolute Gasteiger partial charge is 0.494 e. The van der Waals surface area contributed by atoms with Crippen LogP contribution in [-0.4, -0.2) is 53.6 Å². The number of carbonyl (C=O) groups excluding carboxylic acids is 3. The lowest BCUT2D eigenvalue weighted by molar-refractivity contribution is -0.124. The first kappa shape index (κ1) is 28.8. The number of nitrogens with zero attached hydrogens (tertiary/aromatic N) is 2. The standard InChI is InChI=1S/C31H33N3O5S/c1-3-20-39-26-16-12-24(13-17-26)32-28(35)21-27-29(36)34(25-14-10-23(11-15-25)30(37)38-4-2)31(40)33(27)19-18-22-8-6-5-7-9-22/h5-17,27H,3-4,18-21H2,1-2H3,(H,32,35). The molecule has 2 amide bonds. The predicted molar refractivity (Wildman–Crippen MR) is 159 cm³/mol. The van der Waals surface area contributed by atoms with E-state index in [9.17, 15) is 14.4 Å². The Morgan fingerprint density at radius 3 is 2.30 bits per heavy atom. The molecule has 0 bridgehead atoms. The molecular formula is C31H33N3O5S. The Labute approximate surface area is 239 Å². The van der Waals surface area contributed by atoms with Gasteiger partial charge in [0.15, 0.2) is 5.11 Å². The number of thiocarbonyl (C=S) groups is 1. The van der Waals surface area contributed by atoms with Crippen molar-refractivity contribution in [3.63, 3.8) is 0 Å². The van der Waals surface area contributed by atoms with Gasteiger partial charge in [-0.2, -0.15) is 0 Å². The molecule has 1 saturated heterocycles. The van der Waals surface area contributed by atoms with Gasteiger partial charge in [0.1, 0.15) is 11.8 Å². The number of carbonyl (C=O) groups is 3. The summed E-state index contributed by atoms with van der Waals surface area (Å²) in [5.74, 6) is -0.297. The summed E-state index contributed by atoms with van der Waals surface area (Å²) in [6.45, 7) is 5.13. The number of anilines is 2. The summed E-state index contributed by atoms with van der Waals surface area (Å²) in [4.78, 5) is 42.1. The van der Waals surface area contributed by atoms with Crippen LogP contribution in [0.2, 0.25) is 0 Å². The van der Waals surface area contributed by atoms with Gasteiger partial charge in [0.25, 0.3) is 5.91 Å². The second kappa shape index (κ2) is 13.7. The lowest BCUT2D eigenvalue weighted by Crippen LogP contribution is -2.39. The third-order valence-electron chi connectivity index (χ3n) is 6.43. The average Bonchev–Trinajstić information content (AvgIpc) is 3.20. The monoisotopic (exact) mass is 559 g/mol. The number of benzene rings is 3. The summed E-state index contributed by atoms with van der Waals surface area (Å²) in [6, 6.07) is 22.8. The molecular weight excluding hydrogens is 526 g/mol. The van der Waals surface area contributed by atoms with E-state index in [0.717, 1.165) is 17.7 Å². The molecule has 0 aliphatic carbocycles. The second-order valence-corrected chi connectivity index (χ2v) is 9.66. The first-order valence-electron chi connectivity index (χ1n) is 13.4. The predicted octanol–water partition coefficient (Wildman–Crippen LogP) is 5.23. The van der Waals surface area contributed by atoms with Gasteiger partial charge in [-0.05, 0) is 86.1 Å². The minimum Gasteiger partial charge on any atom is -0.494 e. The molecule has 208 valence electrons. The quantitative estimate of drug-likeness (QED) is 0.240. The van der Waals surface area contributed by atoms with E-state index < -0.39 is 12.0 Å². The van der Waals surface area contributed by atoms with Crippen LogP contribution in [0, 0.1) is 0 Å². The maximum atomic E-state index is 13.7. The molecule has 3 aromatic rings. The zero-order valence-electron chi connectivity index (χ0n) is 22.7. The lowest BCUT2D eigenvalue weighted by Gasteiger charge is -2.24. The van der Waals surface area contributed by atoms with E-state index in [1.54, 1.807) is 55.5 Å². The van der Waals surface area contributed by atoms with Gasteiger partial charge in [-0.25, -0.2) is 4.79 Å². The average molecular weight is 560 g/mol. The molecule has 1 heterocycles. The Balaban J connectivity index is 1.51. The summed E-state index contributed by atoms with van der Waals surface area (Å²) >= 11 is 5.76. The Bertz CT molecular complexity index is 1330. The van der Waals surface area contributed by atoms with Gasteiger partial charge in [0.05, 0.1) is 30.9 Å². The molecule has 40 heavy (non-hydrogen) atoms. The first-order valence-corrected chi connectivity index (χ1v) is 13.8. The maximum absolute atomic E-state index is 13.7. The normalized spacial score (nSPS) is 14.8. The smallest absolute Gasteiger partial charge is 0.338 e. The van der Waals surface area contributed by atoms with Crippen molar-refractivity contribution in [2.75, 3.05) is 30.0 Å². The number of amides is 2. The van der Waals surface area contributed by atoms with Gasteiger partial charge in [0.2, 0.25) is 5.91 Å². The Hall–Kier alpha value is -4.24. The molecule has 1 aliphatic rings. The molecule has 0 radical (unpaired) electrons. The molecule has 0 saturated carbocycles. The van der Waals surface area contributed by atoms with E-state index in [1.165, 1.54) is 4.90 Å². The Kier molecular flexibility index (Phi) is 9.86. The molecule has 8 nitrogen and oxygen atoms in total. The van der Waals surface area contributed by atoms with Crippen LogP contribution in [0.3, 0.4) is 0 Å². The van der Waals surface area contributed by atoms with E-state index >= 15 is 0 Å². The van der Waals surface area contributed by atoms with Crippen LogP contribution in [-0.2, 0) is 20.7 Å². The van der Waals surface area contributed by atoms with E-state index in [-0.39, 0.29) is 24.8 Å². The summed E-state index contributed by atoms with van der Waals surface area (Å²) < 4.78 is 10.7. The van der Waals surface area contributed by atoms with Crippen molar-refractivity contribution < 1.29 is 23.9 Å². The molecule has 1 N–H and O–H groups in total. The van der Waals surface area contributed by atoms with Gasteiger partial charge in [-0.1, -0.05) is 37.3 Å². The molecule has 3 aromatic carbocycles. The van der Waals surface area contributed by atoms with E-state index in [0.29, 0.717) is 41.6 Å². The molecule has 4 rings (SSSR count). The fourth-order valence-corrected chi connectivity index (χ4v) is 4.84. The number of hydrogen-bond acceptors (Lipinski definition) is 6. The van der Waals surface area contributed by atoms with E-state index in [2.05, 4.69) is 5.32 Å². The van der Waals surface area contributed by atoms with Crippen molar-refractivity contribution in [3.05, 3.63) is 90.0 Å². The third-order valence-corrected chi connectivity index (χ3v) is 6.85. The molecule has 1 aliphatic heterocycles. The first-order chi connectivity index (χ1) is 19.4. The minimum absolute atomic E-state index is 0.0702. The van der Waals surface area contributed by atoms with Crippen molar-refractivity contribution >= 4 is 46.5 Å². The van der Waals surface area contributed by atoms with Crippen molar-refractivity contribution in [1.29, 1.82) is 0 Å². The summed E-state index contributed by atoms with van der Waals surface area (Å²) in [5.41, 5.74) is 2.62. The number of ether oxygens (including phenoxy) is 2. The van der Waals surface area contributed by atoms with Crippen LogP contribution in [0.5, 0.6) is 5.75 Å². The Morgan fingerprint density at radius 1 is 0.950 bits per heavy atom. The highest BCUT2D eigenvalue weighted by molar-refractivity contribution is 7.80. The Morgan fingerprint density at radius 2 is 1.65 bits per heavy atom. The number of hydrogen-bond donors (Lipinski definition) is 1. The second-order valence-electron chi connectivity index (χ2n) is 9.29. The lowest BCUT2D eigenvalue weighted by atomic mass is 10.1. The molecule has 1 unspecified atom stereocenters. The molecule has 0 spiro atoms.